The maximum absolute atomic E-state index is 12.1. The molecule has 2 N–H and O–H groups in total. The Kier molecular flexibility index (Phi) is 3.74. The molecule has 0 aliphatic heterocycles. The Hall–Kier alpha value is -1.42. The third-order valence-corrected chi connectivity index (χ3v) is 3.00. The molecule has 1 aliphatic rings. The Morgan fingerprint density at radius 3 is 3.00 bits per heavy atom. The lowest BCUT2D eigenvalue weighted by atomic mass is 10.0. The molecule has 1 aliphatic carbocycles. The number of Topliss-reactive ketones (excluding diaryl/α,β-unsaturated/α-hetero) is 1. The van der Waals surface area contributed by atoms with Gasteiger partial charge in [-0.15, -0.1) is 0 Å². The van der Waals surface area contributed by atoms with Crippen LogP contribution in [0.15, 0.2) is 18.3 Å². The van der Waals surface area contributed by atoms with Crippen molar-refractivity contribution in [3.63, 3.8) is 0 Å². The van der Waals surface area contributed by atoms with Crippen LogP contribution < -0.4 is 5.73 Å². The minimum absolute atomic E-state index is 0.119. The van der Waals surface area contributed by atoms with Crippen LogP contribution in [0.1, 0.15) is 25.3 Å². The van der Waals surface area contributed by atoms with E-state index in [0.29, 0.717) is 24.8 Å². The minimum atomic E-state index is -0.250. The molecule has 1 saturated carbocycles. The van der Waals surface area contributed by atoms with E-state index >= 15 is 0 Å². The SMILES string of the molecule is CCOC(C(=O)Cc1cccnc1N)C1CC1. The third-order valence-electron chi connectivity index (χ3n) is 3.00. The summed E-state index contributed by atoms with van der Waals surface area (Å²) in [6, 6.07) is 3.64. The fourth-order valence-corrected chi connectivity index (χ4v) is 1.96. The zero-order chi connectivity index (χ0) is 12.3. The fourth-order valence-electron chi connectivity index (χ4n) is 1.96. The van der Waals surface area contributed by atoms with Crippen molar-refractivity contribution in [2.75, 3.05) is 12.3 Å². The highest BCUT2D eigenvalue weighted by molar-refractivity contribution is 5.86. The van der Waals surface area contributed by atoms with E-state index in [1.807, 2.05) is 13.0 Å². The number of ether oxygens (including phenoxy) is 1. The van der Waals surface area contributed by atoms with Crippen molar-refractivity contribution in [3.05, 3.63) is 23.9 Å². The number of ketones is 1. The summed E-state index contributed by atoms with van der Waals surface area (Å²) in [5.74, 6) is 0.973. The van der Waals surface area contributed by atoms with Gasteiger partial charge in [-0.05, 0) is 31.7 Å². The first-order valence-corrected chi connectivity index (χ1v) is 6.06. The van der Waals surface area contributed by atoms with Crippen molar-refractivity contribution < 1.29 is 9.53 Å². The first kappa shape index (κ1) is 12.0. The van der Waals surface area contributed by atoms with E-state index in [0.717, 1.165) is 18.4 Å². The molecule has 1 aromatic rings. The molecule has 1 unspecified atom stereocenters. The van der Waals surface area contributed by atoms with Gasteiger partial charge >= 0.3 is 0 Å². The highest BCUT2D eigenvalue weighted by atomic mass is 16.5. The molecule has 1 aromatic heterocycles. The van der Waals surface area contributed by atoms with Crippen molar-refractivity contribution in [1.82, 2.24) is 4.98 Å². The summed E-state index contributed by atoms with van der Waals surface area (Å²) in [5, 5.41) is 0. The normalized spacial score (nSPS) is 16.8. The third kappa shape index (κ3) is 3.03. The van der Waals surface area contributed by atoms with Gasteiger partial charge in [0.05, 0.1) is 0 Å². The average Bonchev–Trinajstić information content (AvgIpc) is 3.13. The summed E-state index contributed by atoms with van der Waals surface area (Å²) in [6.45, 7) is 2.50. The maximum Gasteiger partial charge on any atom is 0.166 e. The molecule has 1 fully saturated rings. The fraction of sp³-hybridized carbons (Fsp3) is 0.538. The lowest BCUT2D eigenvalue weighted by Crippen LogP contribution is -2.28. The molecule has 1 heterocycles. The Morgan fingerprint density at radius 2 is 2.41 bits per heavy atom. The van der Waals surface area contributed by atoms with Gasteiger partial charge in [0.1, 0.15) is 11.9 Å². The number of nitrogens with zero attached hydrogens (tertiary/aromatic N) is 1. The molecule has 0 saturated heterocycles. The van der Waals surface area contributed by atoms with Crippen LogP contribution in [0, 0.1) is 5.92 Å². The van der Waals surface area contributed by atoms with Gasteiger partial charge in [0.25, 0.3) is 0 Å². The topological polar surface area (TPSA) is 65.2 Å². The lowest BCUT2D eigenvalue weighted by molar-refractivity contribution is -0.130. The quantitative estimate of drug-likeness (QED) is 0.811. The van der Waals surface area contributed by atoms with Crippen LogP contribution in [-0.2, 0) is 16.0 Å². The molecule has 4 heteroatoms. The molecular weight excluding hydrogens is 216 g/mol. The second kappa shape index (κ2) is 5.27. The van der Waals surface area contributed by atoms with Crippen molar-refractivity contribution >= 4 is 11.6 Å². The van der Waals surface area contributed by atoms with Crippen molar-refractivity contribution in [1.29, 1.82) is 0 Å². The van der Waals surface area contributed by atoms with Gasteiger partial charge in [-0.1, -0.05) is 6.07 Å². The zero-order valence-electron chi connectivity index (χ0n) is 10.1. The van der Waals surface area contributed by atoms with Crippen molar-refractivity contribution in [3.8, 4) is 0 Å². The largest absolute Gasteiger partial charge is 0.383 e. The number of anilines is 1. The molecule has 17 heavy (non-hydrogen) atoms. The smallest absolute Gasteiger partial charge is 0.166 e. The van der Waals surface area contributed by atoms with Crippen LogP contribution in [0.4, 0.5) is 5.82 Å². The zero-order valence-corrected chi connectivity index (χ0v) is 10.1. The Labute approximate surface area is 101 Å². The lowest BCUT2D eigenvalue weighted by Gasteiger charge is -2.15. The first-order valence-electron chi connectivity index (χ1n) is 6.06. The molecular formula is C13H18N2O2. The molecule has 92 valence electrons. The van der Waals surface area contributed by atoms with Gasteiger partial charge in [0.15, 0.2) is 5.78 Å². The summed E-state index contributed by atoms with van der Waals surface area (Å²) in [6.07, 6.45) is 3.89. The van der Waals surface area contributed by atoms with Crippen molar-refractivity contribution in [2.45, 2.75) is 32.3 Å². The van der Waals surface area contributed by atoms with Crippen LogP contribution in [0.5, 0.6) is 0 Å². The van der Waals surface area contributed by atoms with Crippen LogP contribution in [-0.4, -0.2) is 23.5 Å². The van der Waals surface area contributed by atoms with Crippen LogP contribution in [0.3, 0.4) is 0 Å². The summed E-state index contributed by atoms with van der Waals surface area (Å²) >= 11 is 0. The minimum Gasteiger partial charge on any atom is -0.383 e. The first-order chi connectivity index (χ1) is 8.22. The summed E-state index contributed by atoms with van der Waals surface area (Å²) in [7, 11) is 0. The van der Waals surface area contributed by atoms with E-state index in [4.69, 9.17) is 10.5 Å². The van der Waals surface area contributed by atoms with E-state index in [2.05, 4.69) is 4.98 Å². The predicted octanol–water partition coefficient (Wildman–Crippen LogP) is 1.59. The number of nitrogens with two attached hydrogens (primary N) is 1. The number of rotatable bonds is 6. The molecule has 0 bridgehead atoms. The van der Waals surface area contributed by atoms with Crippen molar-refractivity contribution in [2.24, 2.45) is 5.92 Å². The number of carbonyl (C=O) groups excluding carboxylic acids is 1. The monoisotopic (exact) mass is 234 g/mol. The number of pyridine rings is 1. The number of aromatic nitrogens is 1. The van der Waals surface area contributed by atoms with Gasteiger partial charge in [0.2, 0.25) is 0 Å². The molecule has 0 amide bonds. The number of hydrogen-bond acceptors (Lipinski definition) is 4. The van der Waals surface area contributed by atoms with Gasteiger partial charge in [-0.2, -0.15) is 0 Å². The van der Waals surface area contributed by atoms with E-state index < -0.39 is 0 Å². The van der Waals surface area contributed by atoms with Crippen LogP contribution in [0.2, 0.25) is 0 Å². The van der Waals surface area contributed by atoms with Crippen LogP contribution in [0.25, 0.3) is 0 Å². The van der Waals surface area contributed by atoms with E-state index in [-0.39, 0.29) is 11.9 Å². The summed E-state index contributed by atoms with van der Waals surface area (Å²) in [4.78, 5) is 16.1. The van der Waals surface area contributed by atoms with Gasteiger partial charge in [0, 0.05) is 24.8 Å². The molecule has 2 rings (SSSR count). The second-order valence-corrected chi connectivity index (χ2v) is 4.40. The number of hydrogen-bond donors (Lipinski definition) is 1. The van der Waals surface area contributed by atoms with Gasteiger partial charge < -0.3 is 10.5 Å². The predicted molar refractivity (Wildman–Crippen MR) is 65.5 cm³/mol. The molecule has 4 nitrogen and oxygen atoms in total. The highest BCUT2D eigenvalue weighted by Gasteiger charge is 2.36. The Morgan fingerprint density at radius 1 is 1.65 bits per heavy atom. The number of nitrogen functional groups attached to an aromatic ring is 1. The standard InChI is InChI=1S/C13H18N2O2/c1-2-17-12(9-5-6-9)11(16)8-10-4-3-7-15-13(10)14/h3-4,7,9,12H,2,5-6,8H2,1H3,(H2,14,15). The molecule has 0 aromatic carbocycles. The Bertz CT molecular complexity index is 402. The Balaban J connectivity index is 2.02. The highest BCUT2D eigenvalue weighted by Crippen LogP contribution is 2.35. The van der Waals surface area contributed by atoms with E-state index in [9.17, 15) is 4.79 Å². The van der Waals surface area contributed by atoms with E-state index in [1.54, 1.807) is 12.3 Å². The van der Waals surface area contributed by atoms with Gasteiger partial charge in [-0.25, -0.2) is 4.98 Å². The molecule has 0 radical (unpaired) electrons. The summed E-state index contributed by atoms with van der Waals surface area (Å²) in [5.41, 5.74) is 6.52. The summed E-state index contributed by atoms with van der Waals surface area (Å²) < 4.78 is 5.53. The number of carbonyl (C=O) groups is 1. The molecule has 0 spiro atoms. The average molecular weight is 234 g/mol. The second-order valence-electron chi connectivity index (χ2n) is 4.40. The van der Waals surface area contributed by atoms with Crippen LogP contribution >= 0.6 is 0 Å². The van der Waals surface area contributed by atoms with E-state index in [1.165, 1.54) is 0 Å². The molecule has 1 atom stereocenters. The maximum atomic E-state index is 12.1. The van der Waals surface area contributed by atoms with Gasteiger partial charge in [-0.3, -0.25) is 4.79 Å².